The van der Waals surface area contributed by atoms with Crippen molar-refractivity contribution in [2.45, 2.75) is 4.90 Å². The van der Waals surface area contributed by atoms with E-state index in [1.807, 2.05) is 42.6 Å². The Morgan fingerprint density at radius 3 is 2.41 bits per heavy atom. The van der Waals surface area contributed by atoms with E-state index in [1.54, 1.807) is 12.4 Å². The highest BCUT2D eigenvalue weighted by Gasteiger charge is 1.98. The van der Waals surface area contributed by atoms with Gasteiger partial charge in [-0.25, -0.2) is 4.40 Å². The zero-order valence-electron chi connectivity index (χ0n) is 9.23. The van der Waals surface area contributed by atoms with Crippen molar-refractivity contribution in [1.82, 2.24) is 4.98 Å². The number of aromatic nitrogens is 1. The van der Waals surface area contributed by atoms with Crippen LogP contribution in [0.15, 0.2) is 70.2 Å². The van der Waals surface area contributed by atoms with Gasteiger partial charge in [-0.3, -0.25) is 4.98 Å². The smallest absolute Gasteiger partial charge is 0.0377 e. The number of pyridine rings is 1. The molecule has 0 radical (unpaired) electrons. The lowest BCUT2D eigenvalue weighted by molar-refractivity contribution is 1.33. The standard InChI is InChI=1S/C9H7NS.C5H5N/c1-2-6-9-8(4-1)5-3-7-10-11-9;1-2-4-6-5-3-1/h1-7H;1-5H. The molecule has 0 aliphatic carbocycles. The average Bonchev–Trinajstić information content (AvgIpc) is 2.66. The molecule has 1 aromatic heterocycles. The largest absolute Gasteiger partial charge is 0.265 e. The van der Waals surface area contributed by atoms with Crippen LogP contribution >= 0.6 is 11.9 Å². The molecule has 17 heavy (non-hydrogen) atoms. The van der Waals surface area contributed by atoms with E-state index in [2.05, 4.69) is 27.6 Å². The van der Waals surface area contributed by atoms with E-state index in [9.17, 15) is 0 Å². The van der Waals surface area contributed by atoms with E-state index < -0.39 is 0 Å². The predicted octanol–water partition coefficient (Wildman–Crippen LogP) is 3.87. The maximum absolute atomic E-state index is 4.12. The molecule has 0 spiro atoms. The Morgan fingerprint density at radius 1 is 0.882 bits per heavy atom. The summed E-state index contributed by atoms with van der Waals surface area (Å²) in [4.78, 5) is 5.00. The first kappa shape index (κ1) is 11.6. The fraction of sp³-hybridized carbons (Fsp3) is 0. The van der Waals surface area contributed by atoms with Crippen LogP contribution in [0.5, 0.6) is 0 Å². The Labute approximate surface area is 105 Å². The van der Waals surface area contributed by atoms with Crippen LogP contribution in [0.4, 0.5) is 0 Å². The van der Waals surface area contributed by atoms with Crippen molar-refractivity contribution in [3.05, 3.63) is 66.5 Å². The van der Waals surface area contributed by atoms with Crippen molar-refractivity contribution in [3.63, 3.8) is 0 Å². The van der Waals surface area contributed by atoms with Gasteiger partial charge < -0.3 is 0 Å². The van der Waals surface area contributed by atoms with Gasteiger partial charge in [0.25, 0.3) is 0 Å². The van der Waals surface area contributed by atoms with E-state index in [4.69, 9.17) is 0 Å². The maximum atomic E-state index is 4.12. The van der Waals surface area contributed by atoms with E-state index in [0.29, 0.717) is 0 Å². The van der Waals surface area contributed by atoms with Gasteiger partial charge >= 0.3 is 0 Å². The molecule has 2 aromatic rings. The Kier molecular flexibility index (Phi) is 4.55. The summed E-state index contributed by atoms with van der Waals surface area (Å²) in [5, 5.41) is 0. The fourth-order valence-corrected chi connectivity index (χ4v) is 1.91. The van der Waals surface area contributed by atoms with E-state index >= 15 is 0 Å². The molecule has 3 rings (SSSR count). The molecule has 0 bridgehead atoms. The zero-order chi connectivity index (χ0) is 11.8. The maximum Gasteiger partial charge on any atom is 0.0377 e. The molecule has 0 unspecified atom stereocenters. The van der Waals surface area contributed by atoms with Crippen LogP contribution in [0, 0.1) is 0 Å². The van der Waals surface area contributed by atoms with Gasteiger partial charge in [0.05, 0.1) is 0 Å². The molecule has 2 nitrogen and oxygen atoms in total. The molecular formula is C14H12N2S. The molecule has 1 aliphatic rings. The third-order valence-corrected chi connectivity index (χ3v) is 2.85. The van der Waals surface area contributed by atoms with Crippen molar-refractivity contribution in [2.75, 3.05) is 0 Å². The fourth-order valence-electron chi connectivity index (χ4n) is 1.28. The normalized spacial score (nSPS) is 12.0. The lowest BCUT2D eigenvalue weighted by Gasteiger charge is -1.97. The summed E-state index contributed by atoms with van der Waals surface area (Å²) < 4.78 is 4.12. The Balaban J connectivity index is 0.000000153. The Hall–Kier alpha value is -1.87. The zero-order valence-corrected chi connectivity index (χ0v) is 10.0. The first-order valence-corrected chi connectivity index (χ1v) is 6.05. The molecule has 0 saturated heterocycles. The van der Waals surface area contributed by atoms with Gasteiger partial charge in [0.1, 0.15) is 0 Å². The van der Waals surface area contributed by atoms with Gasteiger partial charge in [0.15, 0.2) is 0 Å². The van der Waals surface area contributed by atoms with Gasteiger partial charge in [-0.05, 0) is 29.8 Å². The Morgan fingerprint density at radius 2 is 1.71 bits per heavy atom. The van der Waals surface area contributed by atoms with E-state index in [-0.39, 0.29) is 0 Å². The van der Waals surface area contributed by atoms with Gasteiger partial charge in [0, 0.05) is 35.5 Å². The summed E-state index contributed by atoms with van der Waals surface area (Å²) in [6.45, 7) is 0. The highest BCUT2D eigenvalue weighted by Crippen LogP contribution is 2.25. The molecule has 1 aliphatic heterocycles. The second-order valence-electron chi connectivity index (χ2n) is 3.27. The number of fused-ring (bicyclic) bond motifs is 1. The van der Waals surface area contributed by atoms with Crippen molar-refractivity contribution in [1.29, 1.82) is 0 Å². The minimum Gasteiger partial charge on any atom is -0.265 e. The summed E-state index contributed by atoms with van der Waals surface area (Å²) in [6, 6.07) is 13.9. The number of hydrogen-bond acceptors (Lipinski definition) is 3. The van der Waals surface area contributed by atoms with Gasteiger partial charge in [-0.15, -0.1) is 0 Å². The van der Waals surface area contributed by atoms with Crippen LogP contribution in [0.2, 0.25) is 0 Å². The van der Waals surface area contributed by atoms with Crippen LogP contribution in [-0.4, -0.2) is 11.2 Å². The summed E-state index contributed by atoms with van der Waals surface area (Å²) in [5.41, 5.74) is 1.25. The quantitative estimate of drug-likeness (QED) is 0.653. The number of benzene rings is 1. The third kappa shape index (κ3) is 3.89. The number of hydrogen-bond donors (Lipinski definition) is 0. The molecule has 1 aromatic carbocycles. The molecule has 3 heteroatoms. The minimum atomic E-state index is 1.22. The SMILES string of the molecule is C1=Cc2ccccc2SN=C1.c1ccncc1. The second kappa shape index (κ2) is 6.66. The average molecular weight is 240 g/mol. The molecule has 0 atom stereocenters. The van der Waals surface area contributed by atoms with Crippen LogP contribution < -0.4 is 0 Å². The van der Waals surface area contributed by atoms with E-state index in [1.165, 1.54) is 22.4 Å². The van der Waals surface area contributed by atoms with Crippen LogP contribution in [0.1, 0.15) is 5.56 Å². The monoisotopic (exact) mass is 240 g/mol. The molecule has 0 N–H and O–H groups in total. The summed E-state index contributed by atoms with van der Waals surface area (Å²) in [6.07, 6.45) is 9.34. The third-order valence-electron chi connectivity index (χ3n) is 2.06. The van der Waals surface area contributed by atoms with Crippen molar-refractivity contribution < 1.29 is 0 Å². The van der Waals surface area contributed by atoms with Crippen molar-refractivity contribution in [3.8, 4) is 0 Å². The van der Waals surface area contributed by atoms with Crippen molar-refractivity contribution in [2.24, 2.45) is 4.40 Å². The van der Waals surface area contributed by atoms with Crippen LogP contribution in [-0.2, 0) is 0 Å². The van der Waals surface area contributed by atoms with Gasteiger partial charge in [0.2, 0.25) is 0 Å². The first-order valence-electron chi connectivity index (χ1n) is 5.28. The lowest BCUT2D eigenvalue weighted by atomic mass is 10.2. The Bertz CT molecular complexity index is 480. The summed E-state index contributed by atoms with van der Waals surface area (Å²) >= 11 is 1.52. The van der Waals surface area contributed by atoms with Crippen LogP contribution in [0.25, 0.3) is 6.08 Å². The predicted molar refractivity (Wildman–Crippen MR) is 74.1 cm³/mol. The number of allylic oxidation sites excluding steroid dienone is 1. The molecule has 84 valence electrons. The van der Waals surface area contributed by atoms with Gasteiger partial charge in [-0.2, -0.15) is 0 Å². The molecule has 0 amide bonds. The van der Waals surface area contributed by atoms with E-state index in [0.717, 1.165) is 0 Å². The minimum absolute atomic E-state index is 1.22. The second-order valence-corrected chi connectivity index (χ2v) is 4.10. The molecule has 2 heterocycles. The number of nitrogens with zero attached hydrogens (tertiary/aromatic N) is 2. The molecule has 0 fully saturated rings. The highest BCUT2D eigenvalue weighted by molar-refractivity contribution is 7.98. The number of rotatable bonds is 0. The van der Waals surface area contributed by atoms with Gasteiger partial charge in [-0.1, -0.05) is 30.3 Å². The van der Waals surface area contributed by atoms with Crippen molar-refractivity contribution >= 4 is 24.2 Å². The molecule has 0 saturated carbocycles. The highest BCUT2D eigenvalue weighted by atomic mass is 32.2. The lowest BCUT2D eigenvalue weighted by Crippen LogP contribution is -1.73. The first-order chi connectivity index (χ1) is 8.47. The summed E-state index contributed by atoms with van der Waals surface area (Å²) in [7, 11) is 0. The van der Waals surface area contributed by atoms with Crippen LogP contribution in [0.3, 0.4) is 0 Å². The topological polar surface area (TPSA) is 25.2 Å². The molecular weight excluding hydrogens is 228 g/mol. The summed E-state index contributed by atoms with van der Waals surface area (Å²) in [5.74, 6) is 0.